The van der Waals surface area contributed by atoms with Crippen LogP contribution in [0.4, 0.5) is 0 Å². The van der Waals surface area contributed by atoms with E-state index in [2.05, 4.69) is 4.98 Å². The van der Waals surface area contributed by atoms with Crippen molar-refractivity contribution in [1.82, 2.24) is 9.55 Å². The lowest BCUT2D eigenvalue weighted by molar-refractivity contribution is 0.788. The van der Waals surface area contributed by atoms with E-state index in [9.17, 15) is 0 Å². The predicted molar refractivity (Wildman–Crippen MR) is 50.3 cm³/mol. The van der Waals surface area contributed by atoms with Crippen molar-refractivity contribution >= 4 is 24.8 Å². The fraction of sp³-hybridized carbons (Fsp3) is 0.500. The highest BCUT2D eigenvalue weighted by atomic mass is 35.5. The van der Waals surface area contributed by atoms with Crippen LogP contribution < -0.4 is 5.73 Å². The van der Waals surface area contributed by atoms with Gasteiger partial charge in [-0.3, -0.25) is 0 Å². The summed E-state index contributed by atoms with van der Waals surface area (Å²) in [5.41, 5.74) is 6.48. The molecule has 66 valence electrons. The molecule has 2 N–H and O–H groups in total. The third kappa shape index (κ3) is 2.69. The van der Waals surface area contributed by atoms with Gasteiger partial charge in [0.05, 0.1) is 5.69 Å². The summed E-state index contributed by atoms with van der Waals surface area (Å²) in [4.78, 5) is 4.07. The third-order valence-corrected chi connectivity index (χ3v) is 1.53. The van der Waals surface area contributed by atoms with Crippen LogP contribution in [0.25, 0.3) is 0 Å². The molecule has 1 heterocycles. The SMILES string of the molecule is Cc1ncc(CN)n1C.Cl.Cl. The third-order valence-electron chi connectivity index (χ3n) is 1.53. The Labute approximate surface area is 78.8 Å². The summed E-state index contributed by atoms with van der Waals surface area (Å²) in [6.07, 6.45) is 1.80. The summed E-state index contributed by atoms with van der Waals surface area (Å²) in [7, 11) is 1.96. The minimum absolute atomic E-state index is 0. The number of rotatable bonds is 1. The van der Waals surface area contributed by atoms with Crippen LogP contribution in [0.2, 0.25) is 0 Å². The normalized spacial score (nSPS) is 8.27. The highest BCUT2D eigenvalue weighted by Crippen LogP contribution is 1.98. The van der Waals surface area contributed by atoms with E-state index in [0.717, 1.165) is 11.5 Å². The van der Waals surface area contributed by atoms with Gasteiger partial charge in [-0.25, -0.2) is 4.98 Å². The second-order valence-corrected chi connectivity index (χ2v) is 2.06. The average Bonchev–Trinajstić information content (AvgIpc) is 2.15. The van der Waals surface area contributed by atoms with Crippen molar-refractivity contribution in [3.63, 3.8) is 0 Å². The summed E-state index contributed by atoms with van der Waals surface area (Å²) < 4.78 is 1.99. The molecule has 0 amide bonds. The molecule has 0 bridgehead atoms. The zero-order valence-corrected chi connectivity index (χ0v) is 8.21. The molecule has 11 heavy (non-hydrogen) atoms. The maximum atomic E-state index is 5.40. The number of imidazole rings is 1. The van der Waals surface area contributed by atoms with Crippen molar-refractivity contribution in [3.05, 3.63) is 17.7 Å². The zero-order chi connectivity index (χ0) is 6.85. The molecule has 0 aliphatic carbocycles. The van der Waals surface area contributed by atoms with Gasteiger partial charge >= 0.3 is 0 Å². The fourth-order valence-corrected chi connectivity index (χ4v) is 0.739. The molecule has 0 radical (unpaired) electrons. The summed E-state index contributed by atoms with van der Waals surface area (Å²) in [5, 5.41) is 0. The van der Waals surface area contributed by atoms with Gasteiger partial charge in [0.15, 0.2) is 0 Å². The van der Waals surface area contributed by atoms with Crippen molar-refractivity contribution < 1.29 is 0 Å². The predicted octanol–water partition coefficient (Wildman–Crippen LogP) is 1.03. The quantitative estimate of drug-likeness (QED) is 0.732. The van der Waals surface area contributed by atoms with Crippen LogP contribution in [0.5, 0.6) is 0 Å². The Morgan fingerprint density at radius 3 is 2.27 bits per heavy atom. The molecular formula is C6H13Cl2N3. The molecule has 0 unspecified atom stereocenters. The minimum atomic E-state index is 0. The summed E-state index contributed by atoms with van der Waals surface area (Å²) in [6, 6.07) is 0. The Balaban J connectivity index is 0. The molecule has 0 fully saturated rings. The first kappa shape index (κ1) is 13.3. The maximum absolute atomic E-state index is 5.40. The van der Waals surface area contributed by atoms with Gasteiger partial charge in [-0.1, -0.05) is 0 Å². The lowest BCUT2D eigenvalue weighted by Crippen LogP contribution is -2.03. The zero-order valence-electron chi connectivity index (χ0n) is 6.57. The fourth-order valence-electron chi connectivity index (χ4n) is 0.739. The van der Waals surface area contributed by atoms with E-state index in [-0.39, 0.29) is 24.8 Å². The molecule has 0 spiro atoms. The van der Waals surface area contributed by atoms with Gasteiger partial charge < -0.3 is 10.3 Å². The Hall–Kier alpha value is -0.250. The molecule has 0 aliphatic heterocycles. The molecule has 1 rings (SSSR count). The van der Waals surface area contributed by atoms with E-state index in [1.807, 2.05) is 18.5 Å². The molecule has 0 aromatic carbocycles. The Kier molecular flexibility index (Phi) is 6.56. The molecular weight excluding hydrogens is 185 g/mol. The Morgan fingerprint density at radius 1 is 1.55 bits per heavy atom. The highest BCUT2D eigenvalue weighted by molar-refractivity contribution is 5.85. The maximum Gasteiger partial charge on any atom is 0.105 e. The van der Waals surface area contributed by atoms with Crippen LogP contribution in [-0.4, -0.2) is 9.55 Å². The van der Waals surface area contributed by atoms with Crippen LogP contribution >= 0.6 is 24.8 Å². The van der Waals surface area contributed by atoms with Gasteiger partial charge in [-0.15, -0.1) is 24.8 Å². The average molecular weight is 198 g/mol. The first-order chi connectivity index (χ1) is 4.25. The standard InChI is InChI=1S/C6H11N3.2ClH/c1-5-8-4-6(3-7)9(5)2;;/h4H,3,7H2,1-2H3;2*1H. The number of hydrogen-bond acceptors (Lipinski definition) is 2. The summed E-state index contributed by atoms with van der Waals surface area (Å²) in [5.74, 6) is 1.01. The largest absolute Gasteiger partial charge is 0.334 e. The highest BCUT2D eigenvalue weighted by Gasteiger charge is 1.97. The molecule has 5 heteroatoms. The second kappa shape index (κ2) is 5.41. The van der Waals surface area contributed by atoms with Crippen LogP contribution in [0, 0.1) is 6.92 Å². The number of aryl methyl sites for hydroxylation is 1. The van der Waals surface area contributed by atoms with Gasteiger partial charge in [0.1, 0.15) is 5.82 Å². The molecule has 0 saturated carbocycles. The van der Waals surface area contributed by atoms with E-state index in [1.54, 1.807) is 6.20 Å². The van der Waals surface area contributed by atoms with Gasteiger partial charge in [0.2, 0.25) is 0 Å². The Bertz CT molecular complexity index is 210. The minimum Gasteiger partial charge on any atom is -0.334 e. The molecule has 1 aromatic rings. The smallest absolute Gasteiger partial charge is 0.105 e. The number of nitrogens with zero attached hydrogens (tertiary/aromatic N) is 2. The number of aromatic nitrogens is 2. The number of hydrogen-bond donors (Lipinski definition) is 1. The van der Waals surface area contributed by atoms with E-state index < -0.39 is 0 Å². The van der Waals surface area contributed by atoms with Gasteiger partial charge in [-0.05, 0) is 6.92 Å². The Morgan fingerprint density at radius 2 is 2.09 bits per heavy atom. The number of halogens is 2. The van der Waals surface area contributed by atoms with Crippen molar-refractivity contribution in [2.75, 3.05) is 0 Å². The first-order valence-corrected chi connectivity index (χ1v) is 2.93. The van der Waals surface area contributed by atoms with Crippen molar-refractivity contribution in [3.8, 4) is 0 Å². The van der Waals surface area contributed by atoms with Crippen LogP contribution in [0.15, 0.2) is 6.20 Å². The van der Waals surface area contributed by atoms with E-state index in [0.29, 0.717) is 6.54 Å². The van der Waals surface area contributed by atoms with Crippen molar-refractivity contribution in [2.24, 2.45) is 12.8 Å². The van der Waals surface area contributed by atoms with Crippen molar-refractivity contribution in [1.29, 1.82) is 0 Å². The van der Waals surface area contributed by atoms with E-state index >= 15 is 0 Å². The molecule has 0 saturated heterocycles. The van der Waals surface area contributed by atoms with Crippen LogP contribution in [0.1, 0.15) is 11.5 Å². The van der Waals surface area contributed by atoms with Crippen molar-refractivity contribution in [2.45, 2.75) is 13.5 Å². The lowest BCUT2D eigenvalue weighted by atomic mass is 10.5. The number of nitrogens with two attached hydrogens (primary N) is 1. The van der Waals surface area contributed by atoms with Gasteiger partial charge in [0, 0.05) is 19.8 Å². The lowest BCUT2D eigenvalue weighted by Gasteiger charge is -1.97. The van der Waals surface area contributed by atoms with E-state index in [4.69, 9.17) is 5.73 Å². The van der Waals surface area contributed by atoms with Crippen LogP contribution in [-0.2, 0) is 13.6 Å². The molecule has 3 nitrogen and oxygen atoms in total. The topological polar surface area (TPSA) is 43.8 Å². The van der Waals surface area contributed by atoms with Crippen LogP contribution in [0.3, 0.4) is 0 Å². The first-order valence-electron chi connectivity index (χ1n) is 2.93. The monoisotopic (exact) mass is 197 g/mol. The second-order valence-electron chi connectivity index (χ2n) is 2.06. The molecule has 1 aromatic heterocycles. The molecule has 0 aliphatic rings. The summed E-state index contributed by atoms with van der Waals surface area (Å²) in [6.45, 7) is 2.52. The van der Waals surface area contributed by atoms with E-state index in [1.165, 1.54) is 0 Å². The molecule has 0 atom stereocenters. The van der Waals surface area contributed by atoms with Gasteiger partial charge in [0.25, 0.3) is 0 Å². The van der Waals surface area contributed by atoms with Gasteiger partial charge in [-0.2, -0.15) is 0 Å². The summed E-state index contributed by atoms with van der Waals surface area (Å²) >= 11 is 0.